The summed E-state index contributed by atoms with van der Waals surface area (Å²) in [5.41, 5.74) is 0.0671. The Balaban J connectivity index is 2.91. The maximum absolute atomic E-state index is 10.8. The van der Waals surface area contributed by atoms with E-state index >= 15 is 0 Å². The van der Waals surface area contributed by atoms with E-state index in [-0.39, 0.29) is 11.3 Å². The highest BCUT2D eigenvalue weighted by molar-refractivity contribution is 14.1. The van der Waals surface area contributed by atoms with Crippen molar-refractivity contribution in [1.82, 2.24) is 0 Å². The third kappa shape index (κ3) is 1.92. The summed E-state index contributed by atoms with van der Waals surface area (Å²) in [6, 6.07) is 0. The van der Waals surface area contributed by atoms with E-state index in [0.29, 0.717) is 0 Å². The molecule has 0 heterocycles. The van der Waals surface area contributed by atoms with Crippen LogP contribution in [-0.4, -0.2) is 15.1 Å². The maximum Gasteiger partial charge on any atom is 0.127 e. The van der Waals surface area contributed by atoms with Gasteiger partial charge in [-0.2, -0.15) is 0 Å². The molecular formula is C9H10I2O. The molecule has 1 aliphatic carbocycles. The number of alkyl halides is 2. The topological polar surface area (TPSA) is 17.1 Å². The summed E-state index contributed by atoms with van der Waals surface area (Å²) in [4.78, 5) is 10.8. The molecule has 0 aromatic heterocycles. The van der Waals surface area contributed by atoms with Crippen molar-refractivity contribution in [1.29, 1.82) is 0 Å². The van der Waals surface area contributed by atoms with E-state index in [9.17, 15) is 4.79 Å². The van der Waals surface area contributed by atoms with E-state index < -0.39 is 0 Å². The molecule has 1 rings (SSSR count). The van der Waals surface area contributed by atoms with Gasteiger partial charge in [0.15, 0.2) is 0 Å². The molecule has 0 radical (unpaired) electrons. The molecule has 3 heteroatoms. The summed E-state index contributed by atoms with van der Waals surface area (Å²) in [5, 5.41) is 0. The molecule has 12 heavy (non-hydrogen) atoms. The fourth-order valence-corrected chi connectivity index (χ4v) is 4.31. The van der Waals surface area contributed by atoms with Crippen LogP contribution >= 0.6 is 45.2 Å². The van der Waals surface area contributed by atoms with E-state index in [1.165, 1.54) is 0 Å². The monoisotopic (exact) mass is 388 g/mol. The zero-order chi connectivity index (χ0) is 9.03. The molecule has 0 aromatic rings. The Bertz CT molecular complexity index is 217. The number of hydrogen-bond acceptors (Lipinski definition) is 1. The Labute approximate surface area is 100.0 Å². The summed E-state index contributed by atoms with van der Waals surface area (Å²) in [6.07, 6.45) is 9.19. The van der Waals surface area contributed by atoms with Gasteiger partial charge in [0.2, 0.25) is 0 Å². The van der Waals surface area contributed by atoms with E-state index in [4.69, 9.17) is 0 Å². The van der Waals surface area contributed by atoms with Crippen molar-refractivity contribution in [3.05, 3.63) is 24.3 Å². The number of carbonyl (C=O) groups is 1. The Morgan fingerprint density at radius 2 is 2.00 bits per heavy atom. The van der Waals surface area contributed by atoms with Crippen LogP contribution < -0.4 is 0 Å². The molecule has 1 nitrogen and oxygen atoms in total. The van der Waals surface area contributed by atoms with Gasteiger partial charge in [0, 0.05) is 20.2 Å². The van der Waals surface area contributed by atoms with Crippen molar-refractivity contribution in [2.45, 2.75) is 0 Å². The molecule has 0 bridgehead atoms. The average Bonchev–Trinajstić information content (AvgIpc) is 2.17. The van der Waals surface area contributed by atoms with Gasteiger partial charge in [-0.1, -0.05) is 69.5 Å². The van der Waals surface area contributed by atoms with Crippen molar-refractivity contribution in [3.8, 4) is 0 Å². The van der Waals surface area contributed by atoms with Crippen LogP contribution in [0.2, 0.25) is 0 Å². The Morgan fingerprint density at radius 3 is 2.42 bits per heavy atom. The zero-order valence-corrected chi connectivity index (χ0v) is 10.9. The van der Waals surface area contributed by atoms with Crippen molar-refractivity contribution in [3.63, 3.8) is 0 Å². The van der Waals surface area contributed by atoms with Crippen LogP contribution in [0.5, 0.6) is 0 Å². The predicted molar refractivity (Wildman–Crippen MR) is 68.0 cm³/mol. The minimum Gasteiger partial charge on any atom is -0.303 e. The van der Waals surface area contributed by atoms with Gasteiger partial charge in [0.25, 0.3) is 0 Å². The molecule has 1 aliphatic rings. The fourth-order valence-electron chi connectivity index (χ4n) is 1.22. The Kier molecular flexibility index (Phi) is 4.22. The first-order chi connectivity index (χ1) is 5.79. The first-order valence-electron chi connectivity index (χ1n) is 3.72. The van der Waals surface area contributed by atoms with Crippen LogP contribution in [0.1, 0.15) is 0 Å². The maximum atomic E-state index is 10.8. The van der Waals surface area contributed by atoms with E-state index in [0.717, 1.165) is 15.1 Å². The van der Waals surface area contributed by atoms with Gasteiger partial charge in [-0.15, -0.1) is 0 Å². The zero-order valence-electron chi connectivity index (χ0n) is 6.54. The second kappa shape index (κ2) is 4.74. The number of hydrogen-bond donors (Lipinski definition) is 0. The summed E-state index contributed by atoms with van der Waals surface area (Å²) in [6.45, 7) is 0. The molecule has 1 unspecified atom stereocenters. The molecule has 66 valence electrons. The predicted octanol–water partition coefficient (Wildman–Crippen LogP) is 2.78. The highest BCUT2D eigenvalue weighted by atomic mass is 127. The van der Waals surface area contributed by atoms with Crippen LogP contribution in [0.25, 0.3) is 0 Å². The van der Waals surface area contributed by atoms with E-state index in [1.54, 1.807) is 0 Å². The molecule has 0 aliphatic heterocycles. The highest BCUT2D eigenvalue weighted by Gasteiger charge is 2.33. The summed E-state index contributed by atoms with van der Waals surface area (Å²) < 4.78 is 2.00. The first-order valence-corrected chi connectivity index (χ1v) is 6.77. The van der Waals surface area contributed by atoms with Crippen LogP contribution in [-0.2, 0) is 4.79 Å². The molecule has 0 fully saturated rings. The normalized spacial score (nSPS) is 25.7. The Morgan fingerprint density at radius 1 is 1.33 bits per heavy atom. The summed E-state index contributed by atoms with van der Waals surface area (Å²) in [5.74, 6) is 0.0660. The molecular weight excluding hydrogens is 378 g/mol. The number of carbonyl (C=O) groups excluding carboxylic acids is 1. The van der Waals surface area contributed by atoms with Crippen molar-refractivity contribution in [2.24, 2.45) is 11.3 Å². The van der Waals surface area contributed by atoms with Crippen LogP contribution in [0.15, 0.2) is 24.3 Å². The van der Waals surface area contributed by atoms with Crippen LogP contribution in [0.4, 0.5) is 0 Å². The number of halogens is 2. The lowest BCUT2D eigenvalue weighted by atomic mass is 9.77. The lowest BCUT2D eigenvalue weighted by Gasteiger charge is -2.32. The molecule has 0 saturated carbocycles. The standard InChI is InChI=1S/C9H10I2O/c10-6-9(7-11)4-2-1-3-8(9)5-12/h1-5,8H,6-7H2. The van der Waals surface area contributed by atoms with E-state index in [1.807, 2.05) is 18.2 Å². The number of aldehydes is 1. The van der Waals surface area contributed by atoms with Gasteiger partial charge in [-0.05, 0) is 0 Å². The average molecular weight is 388 g/mol. The minimum atomic E-state index is 0.0660. The molecule has 0 amide bonds. The second-order valence-electron chi connectivity index (χ2n) is 2.91. The van der Waals surface area contributed by atoms with Gasteiger partial charge < -0.3 is 4.79 Å². The minimum absolute atomic E-state index is 0.0660. The third-order valence-corrected chi connectivity index (χ3v) is 5.01. The van der Waals surface area contributed by atoms with Crippen molar-refractivity contribution < 1.29 is 4.79 Å². The molecule has 0 spiro atoms. The van der Waals surface area contributed by atoms with Gasteiger partial charge in [-0.3, -0.25) is 0 Å². The van der Waals surface area contributed by atoms with Gasteiger partial charge in [-0.25, -0.2) is 0 Å². The lowest BCUT2D eigenvalue weighted by molar-refractivity contribution is -0.111. The lowest BCUT2D eigenvalue weighted by Crippen LogP contribution is -2.33. The Hall–Kier alpha value is 0.610. The molecule has 1 atom stereocenters. The summed E-state index contributed by atoms with van der Waals surface area (Å²) >= 11 is 4.70. The second-order valence-corrected chi connectivity index (χ2v) is 4.43. The fraction of sp³-hybridized carbons (Fsp3) is 0.444. The molecule has 0 aromatic carbocycles. The number of rotatable bonds is 3. The van der Waals surface area contributed by atoms with Crippen LogP contribution in [0, 0.1) is 11.3 Å². The van der Waals surface area contributed by atoms with Gasteiger partial charge >= 0.3 is 0 Å². The van der Waals surface area contributed by atoms with Gasteiger partial charge in [0.1, 0.15) is 6.29 Å². The molecule has 0 saturated heterocycles. The highest BCUT2D eigenvalue weighted by Crippen LogP contribution is 2.36. The smallest absolute Gasteiger partial charge is 0.127 e. The first kappa shape index (κ1) is 10.7. The van der Waals surface area contributed by atoms with Crippen LogP contribution in [0.3, 0.4) is 0 Å². The van der Waals surface area contributed by atoms with Gasteiger partial charge in [0.05, 0.1) is 0 Å². The van der Waals surface area contributed by atoms with Crippen molar-refractivity contribution >= 4 is 51.5 Å². The third-order valence-electron chi connectivity index (χ3n) is 2.17. The van der Waals surface area contributed by atoms with Crippen molar-refractivity contribution in [2.75, 3.05) is 8.86 Å². The largest absolute Gasteiger partial charge is 0.303 e. The quantitative estimate of drug-likeness (QED) is 0.413. The molecule has 0 N–H and O–H groups in total. The van der Waals surface area contributed by atoms with E-state index in [2.05, 4.69) is 51.3 Å². The number of allylic oxidation sites excluding steroid dienone is 4. The summed E-state index contributed by atoms with van der Waals surface area (Å²) in [7, 11) is 0. The SMILES string of the molecule is O=CC1C=CC=CC1(CI)CI.